The van der Waals surface area contributed by atoms with Crippen LogP contribution in [0.1, 0.15) is 46.0 Å². The number of allylic oxidation sites excluding steroid dienone is 4. The van der Waals surface area contributed by atoms with E-state index < -0.39 is 34.9 Å². The lowest BCUT2D eigenvalue weighted by Gasteiger charge is -2.59. The van der Waals surface area contributed by atoms with Crippen LogP contribution in [0.5, 0.6) is 0 Å². The molecule has 0 aromatic rings. The molecule has 3 saturated carbocycles. The molecule has 28 heavy (non-hydrogen) atoms. The van der Waals surface area contributed by atoms with Gasteiger partial charge in [-0.2, -0.15) is 0 Å². The minimum absolute atomic E-state index is 0.0329. The summed E-state index contributed by atoms with van der Waals surface area (Å²) in [6.45, 7) is 3.14. The van der Waals surface area contributed by atoms with Crippen molar-refractivity contribution >= 4 is 17.9 Å². The number of rotatable bonds is 3. The van der Waals surface area contributed by atoms with Gasteiger partial charge < -0.3 is 15.3 Å². The monoisotopic (exact) mass is 388 g/mol. The fraction of sp³-hybridized carbons (Fsp3) is 0.682. The molecule has 4 rings (SSSR count). The number of aliphatic hydroxyl groups is 3. The van der Waals surface area contributed by atoms with Gasteiger partial charge in [0.15, 0.2) is 17.9 Å². The van der Waals surface area contributed by atoms with Gasteiger partial charge >= 0.3 is 0 Å². The Hall–Kier alpha value is -1.63. The fourth-order valence-electron chi connectivity index (χ4n) is 7.14. The van der Waals surface area contributed by atoms with Gasteiger partial charge in [0, 0.05) is 16.7 Å². The smallest absolute Gasteiger partial charge is 0.190 e. The first-order chi connectivity index (χ1) is 13.1. The van der Waals surface area contributed by atoms with Crippen LogP contribution in [0.25, 0.3) is 0 Å². The Morgan fingerprint density at radius 3 is 2.68 bits per heavy atom. The Balaban J connectivity index is 1.77. The highest BCUT2D eigenvalue weighted by Gasteiger charge is 2.68. The molecule has 0 aromatic carbocycles. The molecule has 0 amide bonds. The number of carbonyl (C=O) groups is 3. The van der Waals surface area contributed by atoms with Crippen LogP contribution < -0.4 is 0 Å². The standard InChI is InChI=1S/C22H28O6/c1-20-8-12(10-23)16(25)7-13(20)3-4-14-15-5-6-22(28,18(27)11-24)21(15,2)9-17(26)19(14)20/h7-8,10,14-15,17,19,24,26,28H,3-6,9,11H2,1-2H3/t14-,15-,17-,19+,20-,21-,22-/m0/s1. The van der Waals surface area contributed by atoms with Gasteiger partial charge in [-0.05, 0) is 50.0 Å². The van der Waals surface area contributed by atoms with Crippen LogP contribution in [0.4, 0.5) is 0 Å². The summed E-state index contributed by atoms with van der Waals surface area (Å²) in [5, 5.41) is 31.8. The van der Waals surface area contributed by atoms with Crippen LogP contribution in [0.2, 0.25) is 0 Å². The first-order valence-corrected chi connectivity index (χ1v) is 10.1. The van der Waals surface area contributed by atoms with Gasteiger partial charge in [-0.3, -0.25) is 14.4 Å². The zero-order valence-corrected chi connectivity index (χ0v) is 16.4. The maximum Gasteiger partial charge on any atom is 0.190 e. The second-order valence-corrected chi connectivity index (χ2v) is 9.54. The third-order valence-corrected chi connectivity index (χ3v) is 8.51. The lowest BCUT2D eigenvalue weighted by molar-refractivity contribution is -0.178. The fourth-order valence-corrected chi connectivity index (χ4v) is 7.14. The maximum atomic E-state index is 12.4. The number of carbonyl (C=O) groups excluding carboxylic acids is 3. The number of hydrogen-bond donors (Lipinski definition) is 3. The molecule has 4 aliphatic carbocycles. The average molecular weight is 388 g/mol. The number of hydrogen-bond acceptors (Lipinski definition) is 6. The molecule has 0 saturated heterocycles. The van der Waals surface area contributed by atoms with E-state index in [-0.39, 0.29) is 42.0 Å². The van der Waals surface area contributed by atoms with Crippen molar-refractivity contribution in [1.82, 2.24) is 0 Å². The Morgan fingerprint density at radius 1 is 1.32 bits per heavy atom. The molecule has 0 aliphatic heterocycles. The van der Waals surface area contributed by atoms with E-state index in [4.69, 9.17) is 0 Å². The predicted octanol–water partition coefficient (Wildman–Crippen LogP) is 1.13. The lowest BCUT2D eigenvalue weighted by Crippen LogP contribution is -2.61. The van der Waals surface area contributed by atoms with Crippen molar-refractivity contribution in [3.05, 3.63) is 23.3 Å². The number of aldehydes is 1. The first-order valence-electron chi connectivity index (χ1n) is 10.1. The number of fused-ring (bicyclic) bond motifs is 5. The van der Waals surface area contributed by atoms with Crippen LogP contribution in [0.3, 0.4) is 0 Å². The summed E-state index contributed by atoms with van der Waals surface area (Å²) >= 11 is 0. The second-order valence-electron chi connectivity index (χ2n) is 9.54. The molecule has 0 unspecified atom stereocenters. The lowest BCUT2D eigenvalue weighted by atomic mass is 9.46. The third-order valence-electron chi connectivity index (χ3n) is 8.51. The maximum absolute atomic E-state index is 12.4. The van der Waals surface area contributed by atoms with Crippen LogP contribution in [-0.4, -0.2) is 51.5 Å². The van der Waals surface area contributed by atoms with Gasteiger partial charge in [0.1, 0.15) is 12.2 Å². The van der Waals surface area contributed by atoms with Gasteiger partial charge in [0.05, 0.1) is 11.7 Å². The van der Waals surface area contributed by atoms with Crippen molar-refractivity contribution in [2.45, 2.75) is 57.7 Å². The van der Waals surface area contributed by atoms with Gasteiger partial charge in [-0.25, -0.2) is 0 Å². The van der Waals surface area contributed by atoms with Gasteiger partial charge in [-0.1, -0.05) is 25.5 Å². The summed E-state index contributed by atoms with van der Waals surface area (Å²) in [4.78, 5) is 35.9. The molecule has 4 aliphatic rings. The second kappa shape index (κ2) is 6.18. The van der Waals surface area contributed by atoms with Crippen LogP contribution >= 0.6 is 0 Å². The van der Waals surface area contributed by atoms with Gasteiger partial charge in [0.25, 0.3) is 0 Å². The number of aliphatic hydroxyl groups excluding tert-OH is 2. The summed E-state index contributed by atoms with van der Waals surface area (Å²) in [6, 6.07) is 0. The summed E-state index contributed by atoms with van der Waals surface area (Å²) in [5.74, 6) is -0.934. The number of Topliss-reactive ketones (excluding diaryl/α,β-unsaturated/α-hetero) is 1. The predicted molar refractivity (Wildman–Crippen MR) is 100 cm³/mol. The van der Waals surface area contributed by atoms with Crippen LogP contribution in [0, 0.1) is 28.6 Å². The summed E-state index contributed by atoms with van der Waals surface area (Å²) < 4.78 is 0. The summed E-state index contributed by atoms with van der Waals surface area (Å²) in [6.07, 6.45) is 5.74. The van der Waals surface area contributed by atoms with Crippen molar-refractivity contribution in [2.75, 3.05) is 6.61 Å². The highest BCUT2D eigenvalue weighted by Crippen LogP contribution is 2.67. The molecule has 3 N–H and O–H groups in total. The van der Waals surface area contributed by atoms with Crippen molar-refractivity contribution in [3.63, 3.8) is 0 Å². The largest absolute Gasteiger partial charge is 0.393 e. The molecule has 152 valence electrons. The van der Waals surface area contributed by atoms with Gasteiger partial charge in [-0.15, -0.1) is 0 Å². The molecule has 3 fully saturated rings. The first kappa shape index (κ1) is 19.7. The zero-order valence-electron chi connectivity index (χ0n) is 16.4. The SMILES string of the molecule is C[C@]12C=C(C=O)C(=O)C=C1CC[C@@H]1[C@@H]2[C@@H](O)C[C@@]2(C)[C@H]1CC[C@]2(O)C(=O)CO. The van der Waals surface area contributed by atoms with E-state index in [1.807, 2.05) is 13.8 Å². The van der Waals surface area contributed by atoms with Crippen molar-refractivity contribution < 1.29 is 29.7 Å². The van der Waals surface area contributed by atoms with Crippen molar-refractivity contribution in [3.8, 4) is 0 Å². The Morgan fingerprint density at radius 2 is 2.04 bits per heavy atom. The van der Waals surface area contributed by atoms with Crippen LogP contribution in [0.15, 0.2) is 23.3 Å². The van der Waals surface area contributed by atoms with Gasteiger partial charge in [0.2, 0.25) is 0 Å². The molecule has 6 heteroatoms. The minimum Gasteiger partial charge on any atom is -0.393 e. The van der Waals surface area contributed by atoms with E-state index in [9.17, 15) is 29.7 Å². The van der Waals surface area contributed by atoms with Crippen LogP contribution in [-0.2, 0) is 14.4 Å². The van der Waals surface area contributed by atoms with E-state index in [0.717, 1.165) is 12.0 Å². The summed E-state index contributed by atoms with van der Waals surface area (Å²) in [5.41, 5.74) is -1.93. The van der Waals surface area contributed by atoms with Crippen molar-refractivity contribution in [1.29, 1.82) is 0 Å². The molecule has 0 bridgehead atoms. The van der Waals surface area contributed by atoms with E-state index in [0.29, 0.717) is 19.1 Å². The zero-order chi connectivity index (χ0) is 20.5. The van der Waals surface area contributed by atoms with E-state index in [2.05, 4.69) is 0 Å². The Kier molecular flexibility index (Phi) is 4.34. The van der Waals surface area contributed by atoms with E-state index in [1.54, 1.807) is 12.2 Å². The Labute approximate surface area is 164 Å². The molecule has 6 nitrogen and oxygen atoms in total. The normalized spacial score (nSPS) is 47.4. The molecule has 0 spiro atoms. The Bertz CT molecular complexity index is 812. The molecule has 0 aromatic heterocycles. The topological polar surface area (TPSA) is 112 Å². The highest BCUT2D eigenvalue weighted by molar-refractivity contribution is 6.18. The molecular weight excluding hydrogens is 360 g/mol. The quantitative estimate of drug-likeness (QED) is 0.494. The average Bonchev–Trinajstić information content (AvgIpc) is 2.92. The van der Waals surface area contributed by atoms with Crippen molar-refractivity contribution in [2.24, 2.45) is 28.6 Å². The molecule has 0 radical (unpaired) electrons. The van der Waals surface area contributed by atoms with E-state index >= 15 is 0 Å². The third kappa shape index (κ3) is 2.28. The molecule has 0 heterocycles. The molecular formula is C22H28O6. The number of ketones is 2. The minimum atomic E-state index is -1.62. The van der Waals surface area contributed by atoms with E-state index in [1.165, 1.54) is 0 Å². The molecule has 7 atom stereocenters. The summed E-state index contributed by atoms with van der Waals surface area (Å²) in [7, 11) is 0. The highest BCUT2D eigenvalue weighted by atomic mass is 16.3.